The Hall–Kier alpha value is -3.42. The summed E-state index contributed by atoms with van der Waals surface area (Å²) in [4.78, 5) is 36.5. The van der Waals surface area contributed by atoms with Crippen LogP contribution in [0.5, 0.6) is 5.75 Å². The van der Waals surface area contributed by atoms with Crippen LogP contribution >= 0.6 is 0 Å². The standard InChI is InChI=1S/C17H13FN2O5/c18-9-1-3-10(4-2-9)19-13-8-15(22)20(16(13)23)11-5-6-12(17(24)25)14(21)7-11/h1-7,13,19,21H,8H2,(H,24,25). The molecule has 2 aromatic rings. The van der Waals surface area contributed by atoms with Gasteiger partial charge in [-0.05, 0) is 36.4 Å². The molecule has 8 heteroatoms. The number of benzene rings is 2. The van der Waals surface area contributed by atoms with Crippen molar-refractivity contribution in [2.75, 3.05) is 10.2 Å². The van der Waals surface area contributed by atoms with Gasteiger partial charge < -0.3 is 15.5 Å². The highest BCUT2D eigenvalue weighted by atomic mass is 19.1. The van der Waals surface area contributed by atoms with E-state index in [0.717, 1.165) is 17.0 Å². The fourth-order valence-electron chi connectivity index (χ4n) is 2.60. The van der Waals surface area contributed by atoms with Crippen LogP contribution in [-0.2, 0) is 9.59 Å². The van der Waals surface area contributed by atoms with Gasteiger partial charge in [0.05, 0.1) is 12.1 Å². The minimum absolute atomic E-state index is 0.0842. The molecular weight excluding hydrogens is 331 g/mol. The number of amides is 2. The number of carboxylic acids is 1. The highest BCUT2D eigenvalue weighted by Crippen LogP contribution is 2.29. The topological polar surface area (TPSA) is 107 Å². The zero-order valence-corrected chi connectivity index (χ0v) is 12.8. The van der Waals surface area contributed by atoms with Gasteiger partial charge >= 0.3 is 5.97 Å². The molecule has 0 saturated carbocycles. The average molecular weight is 344 g/mol. The molecule has 0 aromatic heterocycles. The normalized spacial score (nSPS) is 17.0. The highest BCUT2D eigenvalue weighted by molar-refractivity contribution is 6.23. The second-order valence-corrected chi connectivity index (χ2v) is 5.48. The first-order chi connectivity index (χ1) is 11.9. The van der Waals surface area contributed by atoms with Gasteiger partial charge in [-0.2, -0.15) is 0 Å². The molecule has 1 saturated heterocycles. The molecule has 1 heterocycles. The van der Waals surface area contributed by atoms with Crippen molar-refractivity contribution in [2.24, 2.45) is 0 Å². The molecule has 1 unspecified atom stereocenters. The van der Waals surface area contributed by atoms with Crippen molar-refractivity contribution in [3.8, 4) is 5.75 Å². The van der Waals surface area contributed by atoms with Crippen molar-refractivity contribution in [1.29, 1.82) is 0 Å². The molecule has 0 bridgehead atoms. The molecule has 0 radical (unpaired) electrons. The Kier molecular flexibility index (Phi) is 4.10. The van der Waals surface area contributed by atoms with Crippen molar-refractivity contribution in [1.82, 2.24) is 0 Å². The third-order valence-corrected chi connectivity index (χ3v) is 3.80. The fourth-order valence-corrected chi connectivity index (χ4v) is 2.60. The van der Waals surface area contributed by atoms with E-state index in [1.165, 1.54) is 30.3 Å². The van der Waals surface area contributed by atoms with Gasteiger partial charge in [-0.25, -0.2) is 14.1 Å². The van der Waals surface area contributed by atoms with Crippen molar-refractivity contribution in [3.63, 3.8) is 0 Å². The molecule has 3 rings (SSSR count). The number of phenols is 1. The van der Waals surface area contributed by atoms with E-state index < -0.39 is 35.4 Å². The van der Waals surface area contributed by atoms with Gasteiger partial charge in [0, 0.05) is 11.8 Å². The molecule has 0 spiro atoms. The molecule has 0 aliphatic carbocycles. The fraction of sp³-hybridized carbons (Fsp3) is 0.118. The summed E-state index contributed by atoms with van der Waals surface area (Å²) in [6, 6.07) is 7.97. The molecule has 25 heavy (non-hydrogen) atoms. The summed E-state index contributed by atoms with van der Waals surface area (Å²) in [7, 11) is 0. The number of carbonyl (C=O) groups excluding carboxylic acids is 2. The number of aromatic hydroxyl groups is 1. The number of aromatic carboxylic acids is 1. The summed E-state index contributed by atoms with van der Waals surface area (Å²) in [6.45, 7) is 0. The molecule has 1 atom stereocenters. The molecule has 3 N–H and O–H groups in total. The Morgan fingerprint density at radius 2 is 1.84 bits per heavy atom. The Labute approximate surface area is 141 Å². The lowest BCUT2D eigenvalue weighted by Crippen LogP contribution is -2.34. The SMILES string of the molecule is O=C(O)c1ccc(N2C(=O)CC(Nc3ccc(F)cc3)C2=O)cc1O. The average Bonchev–Trinajstić information content (AvgIpc) is 2.83. The zero-order valence-electron chi connectivity index (χ0n) is 12.8. The number of hydrogen-bond acceptors (Lipinski definition) is 5. The Bertz CT molecular complexity index is 866. The van der Waals surface area contributed by atoms with Crippen LogP contribution in [0.25, 0.3) is 0 Å². The van der Waals surface area contributed by atoms with E-state index >= 15 is 0 Å². The monoisotopic (exact) mass is 344 g/mol. The van der Waals surface area contributed by atoms with Crippen LogP contribution in [0.3, 0.4) is 0 Å². The highest BCUT2D eigenvalue weighted by Gasteiger charge is 2.39. The maximum Gasteiger partial charge on any atom is 0.339 e. The summed E-state index contributed by atoms with van der Waals surface area (Å²) in [5.41, 5.74) is 0.239. The van der Waals surface area contributed by atoms with Crippen LogP contribution in [0.2, 0.25) is 0 Å². The third-order valence-electron chi connectivity index (χ3n) is 3.80. The molecule has 2 amide bonds. The first-order valence-electron chi connectivity index (χ1n) is 7.32. The zero-order chi connectivity index (χ0) is 18.1. The van der Waals surface area contributed by atoms with Crippen LogP contribution in [-0.4, -0.2) is 34.0 Å². The maximum absolute atomic E-state index is 12.9. The maximum atomic E-state index is 12.9. The second-order valence-electron chi connectivity index (χ2n) is 5.48. The first kappa shape index (κ1) is 16.4. The lowest BCUT2D eigenvalue weighted by atomic mass is 10.1. The van der Waals surface area contributed by atoms with Gasteiger partial charge in [0.2, 0.25) is 5.91 Å². The molecule has 2 aromatic carbocycles. The van der Waals surface area contributed by atoms with E-state index in [-0.39, 0.29) is 17.7 Å². The predicted octanol–water partition coefficient (Wildman–Crippen LogP) is 1.97. The quantitative estimate of drug-likeness (QED) is 0.732. The van der Waals surface area contributed by atoms with E-state index in [4.69, 9.17) is 5.11 Å². The van der Waals surface area contributed by atoms with E-state index in [2.05, 4.69) is 5.32 Å². The minimum atomic E-state index is -1.32. The largest absolute Gasteiger partial charge is 0.507 e. The molecule has 7 nitrogen and oxygen atoms in total. The second kappa shape index (κ2) is 6.23. The number of hydrogen-bond donors (Lipinski definition) is 3. The van der Waals surface area contributed by atoms with Crippen molar-refractivity contribution in [2.45, 2.75) is 12.5 Å². The minimum Gasteiger partial charge on any atom is -0.507 e. The lowest BCUT2D eigenvalue weighted by molar-refractivity contribution is -0.121. The van der Waals surface area contributed by atoms with Gasteiger partial charge in [0.1, 0.15) is 23.2 Å². The van der Waals surface area contributed by atoms with Gasteiger partial charge in [-0.1, -0.05) is 0 Å². The summed E-state index contributed by atoms with van der Waals surface area (Å²) >= 11 is 0. The van der Waals surface area contributed by atoms with Crippen LogP contribution < -0.4 is 10.2 Å². The van der Waals surface area contributed by atoms with Gasteiger partial charge in [-0.15, -0.1) is 0 Å². The number of nitrogens with one attached hydrogen (secondary N) is 1. The summed E-state index contributed by atoms with van der Waals surface area (Å²) in [5, 5.41) is 21.5. The number of carbonyl (C=O) groups is 3. The smallest absolute Gasteiger partial charge is 0.339 e. The Morgan fingerprint density at radius 1 is 1.16 bits per heavy atom. The molecule has 1 fully saturated rings. The van der Waals surface area contributed by atoms with E-state index in [1.807, 2.05) is 0 Å². The van der Waals surface area contributed by atoms with E-state index in [9.17, 15) is 23.9 Å². The molecule has 128 valence electrons. The van der Waals surface area contributed by atoms with Crippen LogP contribution in [0, 0.1) is 5.82 Å². The summed E-state index contributed by atoms with van der Waals surface area (Å²) in [5.74, 6) is -3.32. The van der Waals surface area contributed by atoms with Gasteiger partial charge in [0.25, 0.3) is 5.91 Å². The summed E-state index contributed by atoms with van der Waals surface area (Å²) in [6.07, 6.45) is -0.113. The number of imide groups is 1. The lowest BCUT2D eigenvalue weighted by Gasteiger charge is -2.16. The molecule has 1 aliphatic heterocycles. The van der Waals surface area contributed by atoms with Crippen molar-refractivity contribution < 1.29 is 29.0 Å². The number of nitrogens with zero attached hydrogens (tertiary/aromatic N) is 1. The van der Waals surface area contributed by atoms with Crippen LogP contribution in [0.4, 0.5) is 15.8 Å². The number of rotatable bonds is 4. The van der Waals surface area contributed by atoms with Crippen molar-refractivity contribution in [3.05, 3.63) is 53.8 Å². The number of anilines is 2. The van der Waals surface area contributed by atoms with E-state index in [1.54, 1.807) is 0 Å². The predicted molar refractivity (Wildman–Crippen MR) is 86.0 cm³/mol. The summed E-state index contributed by atoms with van der Waals surface area (Å²) < 4.78 is 12.9. The molecular formula is C17H13FN2O5. The van der Waals surface area contributed by atoms with Gasteiger partial charge in [0.15, 0.2) is 0 Å². The Balaban J connectivity index is 1.82. The Morgan fingerprint density at radius 3 is 2.44 bits per heavy atom. The number of halogens is 1. The van der Waals surface area contributed by atoms with Crippen LogP contribution in [0.1, 0.15) is 16.8 Å². The third kappa shape index (κ3) is 3.14. The van der Waals surface area contributed by atoms with Gasteiger partial charge in [-0.3, -0.25) is 9.59 Å². The first-order valence-corrected chi connectivity index (χ1v) is 7.32. The van der Waals surface area contributed by atoms with Crippen LogP contribution in [0.15, 0.2) is 42.5 Å². The number of carboxylic acid groups (broad SMARTS) is 1. The van der Waals surface area contributed by atoms with E-state index in [0.29, 0.717) is 5.69 Å². The molecule has 1 aliphatic rings. The van der Waals surface area contributed by atoms with Crippen molar-refractivity contribution >= 4 is 29.2 Å².